The van der Waals surface area contributed by atoms with E-state index in [1.807, 2.05) is 19.9 Å². The summed E-state index contributed by atoms with van der Waals surface area (Å²) in [5.41, 5.74) is 0.605. The minimum atomic E-state index is -1.69. The summed E-state index contributed by atoms with van der Waals surface area (Å²) >= 11 is 0. The predicted molar refractivity (Wildman–Crippen MR) is 130 cm³/mol. The van der Waals surface area contributed by atoms with Gasteiger partial charge in [-0.3, -0.25) is 4.79 Å². The highest BCUT2D eigenvalue weighted by atomic mass is 16.7. The molecule has 11 heteroatoms. The molecule has 0 spiro atoms. The van der Waals surface area contributed by atoms with E-state index in [9.17, 15) is 40.5 Å². The monoisotopic (exact) mass is 516 g/mol. The summed E-state index contributed by atoms with van der Waals surface area (Å²) in [7, 11) is 0. The van der Waals surface area contributed by atoms with E-state index in [2.05, 4.69) is 0 Å². The summed E-state index contributed by atoms with van der Waals surface area (Å²) in [5.74, 6) is -1.07. The summed E-state index contributed by atoms with van der Waals surface area (Å²) < 4.78 is 16.7. The third kappa shape index (κ3) is 5.13. The van der Waals surface area contributed by atoms with E-state index in [0.29, 0.717) is 0 Å². The molecule has 2 heterocycles. The standard InChI is InChI=1S/C26H28O11/c1-11(2)3-4-13-15(28)6-5-14(22(13)31)18-9-17(30)21-16(29)7-12(8-19(21)36-18)35-26-25(34)24(33)23(32)20(10-27)37-26/h3,5-9,20,23-29,31-34H,4,10H2,1-2H3/t20-,23-,24+,25-,26-/m1/s1. The fourth-order valence-electron chi connectivity index (χ4n) is 4.08. The normalized spacial score (nSPS) is 23.7. The number of allylic oxidation sites excluding steroid dienone is 2. The minimum Gasteiger partial charge on any atom is -0.508 e. The van der Waals surface area contributed by atoms with Crippen molar-refractivity contribution in [3.05, 3.63) is 57.8 Å². The average Bonchev–Trinajstić information content (AvgIpc) is 2.83. The van der Waals surface area contributed by atoms with Gasteiger partial charge in [0.15, 0.2) is 5.43 Å². The van der Waals surface area contributed by atoms with Crippen molar-refractivity contribution in [3.8, 4) is 34.3 Å². The molecule has 11 nitrogen and oxygen atoms in total. The first-order valence-electron chi connectivity index (χ1n) is 11.5. The molecule has 1 aromatic heterocycles. The van der Waals surface area contributed by atoms with Crippen molar-refractivity contribution in [2.24, 2.45) is 0 Å². The molecule has 1 aliphatic heterocycles. The highest BCUT2D eigenvalue weighted by molar-refractivity contribution is 5.86. The zero-order chi connectivity index (χ0) is 27.0. The molecule has 0 bridgehead atoms. The van der Waals surface area contributed by atoms with Gasteiger partial charge in [0.05, 0.1) is 12.2 Å². The van der Waals surface area contributed by atoms with Gasteiger partial charge in [-0.2, -0.15) is 0 Å². The number of phenolic OH excluding ortho intramolecular Hbond substituents is 3. The van der Waals surface area contributed by atoms with Crippen LogP contribution < -0.4 is 10.2 Å². The Morgan fingerprint density at radius 3 is 2.41 bits per heavy atom. The molecule has 0 aliphatic carbocycles. The summed E-state index contributed by atoms with van der Waals surface area (Å²) in [6.45, 7) is 3.09. The number of hydrogen-bond acceptors (Lipinski definition) is 11. The van der Waals surface area contributed by atoms with Gasteiger partial charge in [0, 0.05) is 23.8 Å². The Bertz CT molecular complexity index is 1390. The third-order valence-corrected chi connectivity index (χ3v) is 6.12. The number of fused-ring (bicyclic) bond motifs is 1. The zero-order valence-electron chi connectivity index (χ0n) is 20.0. The Balaban J connectivity index is 1.74. The molecule has 37 heavy (non-hydrogen) atoms. The van der Waals surface area contributed by atoms with E-state index >= 15 is 0 Å². The summed E-state index contributed by atoms with van der Waals surface area (Å²) in [6, 6.07) is 6.16. The maximum absolute atomic E-state index is 12.8. The lowest BCUT2D eigenvalue weighted by Crippen LogP contribution is -2.60. The van der Waals surface area contributed by atoms with Crippen molar-refractivity contribution in [1.82, 2.24) is 0 Å². The fraction of sp³-hybridized carbons (Fsp3) is 0.346. The summed E-state index contributed by atoms with van der Waals surface area (Å²) in [5, 5.41) is 70.8. The first-order chi connectivity index (χ1) is 17.5. The van der Waals surface area contributed by atoms with Crippen molar-refractivity contribution in [2.45, 2.75) is 51.0 Å². The second-order valence-corrected chi connectivity index (χ2v) is 9.05. The number of rotatable bonds is 6. The molecule has 0 amide bonds. The molecule has 5 atom stereocenters. The van der Waals surface area contributed by atoms with Crippen LogP contribution in [0.15, 0.2) is 51.2 Å². The maximum Gasteiger partial charge on any atom is 0.229 e. The number of benzene rings is 2. The Kier molecular flexibility index (Phi) is 7.44. The molecule has 0 saturated carbocycles. The molecule has 1 aliphatic rings. The van der Waals surface area contributed by atoms with Crippen LogP contribution >= 0.6 is 0 Å². The number of ether oxygens (including phenoxy) is 2. The molecule has 1 fully saturated rings. The van der Waals surface area contributed by atoms with Crippen LogP contribution in [-0.2, 0) is 11.2 Å². The van der Waals surface area contributed by atoms with Crippen molar-refractivity contribution < 1.29 is 49.6 Å². The SMILES string of the molecule is CC(C)=CCc1c(O)ccc(-c2cc(=O)c3c(O)cc(O[C@@H]4O[C@H](CO)[C@@H](O)[C@H](O)[C@H]4O)cc3o2)c1O. The van der Waals surface area contributed by atoms with Gasteiger partial charge in [0.1, 0.15) is 64.1 Å². The Hall–Kier alpha value is -3.61. The van der Waals surface area contributed by atoms with Gasteiger partial charge >= 0.3 is 0 Å². The molecular weight excluding hydrogens is 488 g/mol. The van der Waals surface area contributed by atoms with Crippen LogP contribution in [0, 0.1) is 0 Å². The number of hydrogen-bond donors (Lipinski definition) is 7. The Labute approximate surface area is 210 Å². The quantitative estimate of drug-likeness (QED) is 0.234. The van der Waals surface area contributed by atoms with E-state index in [4.69, 9.17) is 13.9 Å². The van der Waals surface area contributed by atoms with Crippen molar-refractivity contribution in [3.63, 3.8) is 0 Å². The summed E-state index contributed by atoms with van der Waals surface area (Å²) in [4.78, 5) is 12.8. The van der Waals surface area contributed by atoms with Gasteiger partial charge in [-0.1, -0.05) is 11.6 Å². The third-order valence-electron chi connectivity index (χ3n) is 6.12. The molecule has 0 unspecified atom stereocenters. The van der Waals surface area contributed by atoms with Crippen LogP contribution in [0.25, 0.3) is 22.3 Å². The molecule has 198 valence electrons. The van der Waals surface area contributed by atoms with Crippen molar-refractivity contribution >= 4 is 11.0 Å². The molecule has 4 rings (SSSR count). The lowest BCUT2D eigenvalue weighted by molar-refractivity contribution is -0.277. The van der Waals surface area contributed by atoms with E-state index in [0.717, 1.165) is 17.7 Å². The van der Waals surface area contributed by atoms with Gasteiger partial charge in [-0.15, -0.1) is 0 Å². The lowest BCUT2D eigenvalue weighted by Gasteiger charge is -2.39. The number of aliphatic hydroxyl groups excluding tert-OH is 4. The van der Waals surface area contributed by atoms with Gasteiger partial charge in [0.25, 0.3) is 0 Å². The average molecular weight is 516 g/mol. The van der Waals surface area contributed by atoms with Crippen LogP contribution in [0.3, 0.4) is 0 Å². The number of aliphatic hydroxyl groups is 4. The molecule has 2 aromatic carbocycles. The molecular formula is C26H28O11. The first-order valence-corrected chi connectivity index (χ1v) is 11.5. The second kappa shape index (κ2) is 10.4. The number of phenols is 3. The smallest absolute Gasteiger partial charge is 0.229 e. The Morgan fingerprint density at radius 2 is 1.73 bits per heavy atom. The van der Waals surface area contributed by atoms with Crippen LogP contribution in [0.5, 0.6) is 23.0 Å². The summed E-state index contributed by atoms with van der Waals surface area (Å²) in [6.07, 6.45) is -5.62. The van der Waals surface area contributed by atoms with E-state index in [1.54, 1.807) is 0 Å². The van der Waals surface area contributed by atoms with E-state index in [-0.39, 0.29) is 51.5 Å². The van der Waals surface area contributed by atoms with Crippen molar-refractivity contribution in [2.75, 3.05) is 6.61 Å². The second-order valence-electron chi connectivity index (χ2n) is 9.05. The first kappa shape index (κ1) is 26.5. The lowest BCUT2D eigenvalue weighted by atomic mass is 9.99. The largest absolute Gasteiger partial charge is 0.508 e. The molecule has 7 N–H and O–H groups in total. The van der Waals surface area contributed by atoms with Gasteiger partial charge in [-0.25, -0.2) is 0 Å². The van der Waals surface area contributed by atoms with Crippen molar-refractivity contribution in [1.29, 1.82) is 0 Å². The number of aromatic hydroxyl groups is 3. The minimum absolute atomic E-state index is 0.0437. The maximum atomic E-state index is 12.8. The van der Waals surface area contributed by atoms with Crippen LogP contribution in [-0.4, -0.2) is 73.1 Å². The van der Waals surface area contributed by atoms with Crippen LogP contribution in [0.2, 0.25) is 0 Å². The fourth-order valence-corrected chi connectivity index (χ4v) is 4.08. The molecule has 3 aromatic rings. The predicted octanol–water partition coefficient (Wildman–Crippen LogP) is 1.26. The highest BCUT2D eigenvalue weighted by Crippen LogP contribution is 2.39. The van der Waals surface area contributed by atoms with E-state index in [1.165, 1.54) is 18.2 Å². The van der Waals surface area contributed by atoms with Gasteiger partial charge in [0.2, 0.25) is 6.29 Å². The zero-order valence-corrected chi connectivity index (χ0v) is 20.0. The van der Waals surface area contributed by atoms with Crippen LogP contribution in [0.4, 0.5) is 0 Å². The topological polar surface area (TPSA) is 190 Å². The van der Waals surface area contributed by atoms with Gasteiger partial charge in [-0.05, 0) is 32.4 Å². The van der Waals surface area contributed by atoms with Crippen LogP contribution in [0.1, 0.15) is 19.4 Å². The molecule has 0 radical (unpaired) electrons. The van der Waals surface area contributed by atoms with E-state index < -0.39 is 48.5 Å². The van der Waals surface area contributed by atoms with Gasteiger partial charge < -0.3 is 49.6 Å². The molecule has 1 saturated heterocycles. The highest BCUT2D eigenvalue weighted by Gasteiger charge is 2.44. The Morgan fingerprint density at radius 1 is 1.00 bits per heavy atom.